The first-order chi connectivity index (χ1) is 13.3. The molecule has 156 valence electrons. The summed E-state index contributed by atoms with van der Waals surface area (Å²) >= 11 is 0. The van der Waals surface area contributed by atoms with E-state index in [1.165, 1.54) is 64.2 Å². The van der Waals surface area contributed by atoms with E-state index in [-0.39, 0.29) is 10.8 Å². The molecular formula is C27H42O. The molecule has 8 fully saturated rings. The van der Waals surface area contributed by atoms with E-state index in [9.17, 15) is 4.79 Å². The Labute approximate surface area is 172 Å². The molecule has 0 aliphatic heterocycles. The molecule has 0 N–H and O–H groups in total. The summed E-state index contributed by atoms with van der Waals surface area (Å²) < 4.78 is 0. The first kappa shape index (κ1) is 18.4. The van der Waals surface area contributed by atoms with Gasteiger partial charge in [0, 0.05) is 10.8 Å². The third-order valence-corrected chi connectivity index (χ3v) is 11.1. The molecule has 0 spiro atoms. The third kappa shape index (κ3) is 2.23. The quantitative estimate of drug-likeness (QED) is 0.525. The second-order valence-electron chi connectivity index (χ2n) is 13.4. The van der Waals surface area contributed by atoms with E-state index in [1.807, 2.05) is 0 Å². The van der Waals surface area contributed by atoms with Crippen LogP contribution in [0, 0.1) is 70.0 Å². The van der Waals surface area contributed by atoms with Crippen LogP contribution >= 0.6 is 0 Å². The summed E-state index contributed by atoms with van der Waals surface area (Å²) in [4.78, 5) is 15.0. The minimum atomic E-state index is 0.0712. The van der Waals surface area contributed by atoms with E-state index >= 15 is 0 Å². The van der Waals surface area contributed by atoms with Crippen molar-refractivity contribution >= 4 is 5.78 Å². The second-order valence-corrected chi connectivity index (χ2v) is 13.4. The Morgan fingerprint density at radius 3 is 1.21 bits per heavy atom. The molecule has 6 atom stereocenters. The van der Waals surface area contributed by atoms with Gasteiger partial charge in [0.2, 0.25) is 0 Å². The monoisotopic (exact) mass is 382 g/mol. The van der Waals surface area contributed by atoms with Gasteiger partial charge < -0.3 is 0 Å². The average molecular weight is 383 g/mol. The van der Waals surface area contributed by atoms with Gasteiger partial charge in [0.25, 0.3) is 0 Å². The molecule has 28 heavy (non-hydrogen) atoms. The smallest absolute Gasteiger partial charge is 0.145 e. The third-order valence-electron chi connectivity index (χ3n) is 11.1. The molecule has 1 heteroatoms. The number of ketones is 1. The Kier molecular flexibility index (Phi) is 3.87. The number of rotatable bonds is 4. The minimum absolute atomic E-state index is 0.0712. The van der Waals surface area contributed by atoms with Gasteiger partial charge in [-0.3, -0.25) is 4.79 Å². The standard InChI is InChI=1S/C27H42O/c1-15(2)23-21-7-17-5-18(8-21)12-26(23,11-17)25(28)27-13-19-6-20(14-27)10-22(9-19)24(27)16(3)4/h15-24H,5-14H2,1-4H3. The maximum absolute atomic E-state index is 15.0. The van der Waals surface area contributed by atoms with E-state index in [0.29, 0.717) is 23.7 Å². The highest BCUT2D eigenvalue weighted by Crippen LogP contribution is 2.71. The van der Waals surface area contributed by atoms with Gasteiger partial charge in [0.05, 0.1) is 0 Å². The normalized spacial score (nSPS) is 56.2. The van der Waals surface area contributed by atoms with Crippen LogP contribution in [0.1, 0.15) is 91.9 Å². The van der Waals surface area contributed by atoms with Crippen LogP contribution in [0.2, 0.25) is 0 Å². The second kappa shape index (κ2) is 5.88. The highest BCUT2D eigenvalue weighted by atomic mass is 16.1. The number of Topliss-reactive ketones (excluding diaryl/α,β-unsaturated/α-hetero) is 1. The maximum atomic E-state index is 15.0. The largest absolute Gasteiger partial charge is 0.298 e. The lowest BCUT2D eigenvalue weighted by Crippen LogP contribution is -2.66. The van der Waals surface area contributed by atoms with Crippen molar-refractivity contribution in [3.8, 4) is 0 Å². The zero-order chi connectivity index (χ0) is 19.4. The van der Waals surface area contributed by atoms with Crippen molar-refractivity contribution in [2.24, 2.45) is 70.0 Å². The molecule has 0 aromatic heterocycles. The molecule has 8 rings (SSSR count). The molecule has 8 aliphatic rings. The van der Waals surface area contributed by atoms with Gasteiger partial charge in [-0.05, 0) is 123 Å². The lowest BCUT2D eigenvalue weighted by atomic mass is 9.35. The van der Waals surface area contributed by atoms with Crippen molar-refractivity contribution in [3.05, 3.63) is 0 Å². The fourth-order valence-electron chi connectivity index (χ4n) is 11.7. The summed E-state index contributed by atoms with van der Waals surface area (Å²) in [7, 11) is 0. The first-order valence-corrected chi connectivity index (χ1v) is 12.9. The van der Waals surface area contributed by atoms with Crippen LogP contribution in [0.5, 0.6) is 0 Å². The zero-order valence-corrected chi connectivity index (χ0v) is 18.8. The number of hydrogen-bond acceptors (Lipinski definition) is 1. The predicted molar refractivity (Wildman–Crippen MR) is 114 cm³/mol. The van der Waals surface area contributed by atoms with E-state index in [2.05, 4.69) is 27.7 Å². The van der Waals surface area contributed by atoms with Gasteiger partial charge in [-0.2, -0.15) is 0 Å². The van der Waals surface area contributed by atoms with Gasteiger partial charge in [-0.15, -0.1) is 0 Å². The fraction of sp³-hybridized carbons (Fsp3) is 0.963. The van der Waals surface area contributed by atoms with Crippen LogP contribution in [-0.4, -0.2) is 5.78 Å². The van der Waals surface area contributed by atoms with E-state index < -0.39 is 0 Å². The molecule has 0 aromatic carbocycles. The fourth-order valence-corrected chi connectivity index (χ4v) is 11.7. The SMILES string of the molecule is CC(C)C1C2CC3CC(C2)CC1(C(=O)C12CC4CC(CC(C4)C1C(C)C)C2)C3. The summed E-state index contributed by atoms with van der Waals surface area (Å²) in [5, 5.41) is 0. The molecule has 0 heterocycles. The molecule has 1 nitrogen and oxygen atoms in total. The van der Waals surface area contributed by atoms with Crippen LogP contribution in [0.3, 0.4) is 0 Å². The lowest BCUT2D eigenvalue weighted by Gasteiger charge is -2.68. The molecule has 0 aromatic rings. The highest BCUT2D eigenvalue weighted by Gasteiger charge is 2.68. The molecule has 8 bridgehead atoms. The van der Waals surface area contributed by atoms with Crippen LogP contribution in [-0.2, 0) is 4.79 Å². The van der Waals surface area contributed by atoms with Crippen molar-refractivity contribution in [2.75, 3.05) is 0 Å². The average Bonchev–Trinajstić information content (AvgIpc) is 2.58. The van der Waals surface area contributed by atoms with Gasteiger partial charge in [-0.25, -0.2) is 0 Å². The Hall–Kier alpha value is -0.330. The molecule has 8 aliphatic carbocycles. The van der Waals surface area contributed by atoms with Crippen molar-refractivity contribution in [2.45, 2.75) is 91.9 Å². The van der Waals surface area contributed by atoms with Gasteiger partial charge in [-0.1, -0.05) is 27.7 Å². The first-order valence-electron chi connectivity index (χ1n) is 12.9. The minimum Gasteiger partial charge on any atom is -0.298 e. The number of carbonyl (C=O) groups is 1. The van der Waals surface area contributed by atoms with Crippen LogP contribution in [0.25, 0.3) is 0 Å². The molecule has 0 saturated heterocycles. The molecule has 8 saturated carbocycles. The summed E-state index contributed by atoms with van der Waals surface area (Å²) in [6, 6.07) is 0. The molecular weight excluding hydrogens is 340 g/mol. The summed E-state index contributed by atoms with van der Waals surface area (Å²) in [5.41, 5.74) is 0.142. The molecule has 0 radical (unpaired) electrons. The topological polar surface area (TPSA) is 17.1 Å². The maximum Gasteiger partial charge on any atom is 0.145 e. The highest BCUT2D eigenvalue weighted by molar-refractivity contribution is 5.92. The predicted octanol–water partition coefficient (Wildman–Crippen LogP) is 6.75. The lowest BCUT2D eigenvalue weighted by molar-refractivity contribution is -0.198. The Morgan fingerprint density at radius 2 is 0.929 bits per heavy atom. The van der Waals surface area contributed by atoms with Gasteiger partial charge in [0.1, 0.15) is 5.78 Å². The summed E-state index contributed by atoms with van der Waals surface area (Å²) in [5.74, 6) is 8.82. The van der Waals surface area contributed by atoms with Crippen molar-refractivity contribution in [3.63, 3.8) is 0 Å². The number of carbonyl (C=O) groups excluding carboxylic acids is 1. The zero-order valence-electron chi connectivity index (χ0n) is 18.8. The van der Waals surface area contributed by atoms with E-state index in [4.69, 9.17) is 0 Å². The van der Waals surface area contributed by atoms with E-state index in [1.54, 1.807) is 0 Å². The molecule has 0 amide bonds. The Bertz CT molecular complexity index is 590. The van der Waals surface area contributed by atoms with Crippen molar-refractivity contribution in [1.82, 2.24) is 0 Å². The van der Waals surface area contributed by atoms with Crippen LogP contribution in [0.15, 0.2) is 0 Å². The van der Waals surface area contributed by atoms with Crippen molar-refractivity contribution < 1.29 is 4.79 Å². The van der Waals surface area contributed by atoms with E-state index in [0.717, 1.165) is 41.3 Å². The Morgan fingerprint density at radius 1 is 0.607 bits per heavy atom. The van der Waals surface area contributed by atoms with Crippen LogP contribution < -0.4 is 0 Å². The summed E-state index contributed by atoms with van der Waals surface area (Å²) in [6.07, 6.45) is 13.8. The van der Waals surface area contributed by atoms with Crippen molar-refractivity contribution in [1.29, 1.82) is 0 Å². The van der Waals surface area contributed by atoms with Gasteiger partial charge >= 0.3 is 0 Å². The van der Waals surface area contributed by atoms with Gasteiger partial charge in [0.15, 0.2) is 0 Å². The number of hydrogen-bond donors (Lipinski definition) is 0. The Balaban J connectivity index is 1.45. The molecule has 6 unspecified atom stereocenters. The van der Waals surface area contributed by atoms with Crippen LogP contribution in [0.4, 0.5) is 0 Å². The summed E-state index contributed by atoms with van der Waals surface area (Å²) in [6.45, 7) is 9.78.